The maximum absolute atomic E-state index is 10.7. The molecule has 0 bridgehead atoms. The van der Waals surface area contributed by atoms with Crippen LogP contribution >= 0.6 is 0 Å². The first-order valence-corrected chi connectivity index (χ1v) is 7.03. The molecule has 0 amide bonds. The van der Waals surface area contributed by atoms with Gasteiger partial charge >= 0.3 is 5.97 Å². The molecule has 0 spiro atoms. The molecule has 0 atom stereocenters. The van der Waals surface area contributed by atoms with E-state index in [9.17, 15) is 4.79 Å². The van der Waals surface area contributed by atoms with E-state index in [4.69, 9.17) is 5.11 Å². The number of rotatable bonds is 4. The van der Waals surface area contributed by atoms with E-state index < -0.39 is 5.97 Å². The van der Waals surface area contributed by atoms with Crippen molar-refractivity contribution in [1.82, 2.24) is 9.80 Å². The third-order valence-corrected chi connectivity index (χ3v) is 4.24. The summed E-state index contributed by atoms with van der Waals surface area (Å²) in [5.41, 5.74) is 0.452. The number of nitrogens with zero attached hydrogens (tertiary/aromatic N) is 2. The van der Waals surface area contributed by atoms with Gasteiger partial charge in [0.2, 0.25) is 0 Å². The molecule has 18 heavy (non-hydrogen) atoms. The molecule has 1 saturated heterocycles. The lowest BCUT2D eigenvalue weighted by Gasteiger charge is -2.37. The summed E-state index contributed by atoms with van der Waals surface area (Å²) in [6.45, 7) is 6.86. The molecule has 4 heteroatoms. The van der Waals surface area contributed by atoms with Crippen LogP contribution in [0.15, 0.2) is 11.6 Å². The molecule has 2 aliphatic rings. The fourth-order valence-electron chi connectivity index (χ4n) is 2.93. The van der Waals surface area contributed by atoms with E-state index in [1.165, 1.54) is 25.7 Å². The number of carboxylic acid groups (broad SMARTS) is 1. The van der Waals surface area contributed by atoms with Crippen LogP contribution in [0.2, 0.25) is 0 Å². The molecular formula is C14H24N2O2. The summed E-state index contributed by atoms with van der Waals surface area (Å²) in [7, 11) is 0. The highest BCUT2D eigenvalue weighted by molar-refractivity contribution is 5.85. The van der Waals surface area contributed by atoms with Crippen molar-refractivity contribution in [3.63, 3.8) is 0 Å². The minimum absolute atomic E-state index is 0.452. The first-order chi connectivity index (χ1) is 8.66. The van der Waals surface area contributed by atoms with Crippen LogP contribution in [0, 0.1) is 0 Å². The second kappa shape index (κ2) is 6.34. The molecular weight excluding hydrogens is 228 g/mol. The zero-order valence-corrected chi connectivity index (χ0v) is 11.3. The van der Waals surface area contributed by atoms with Crippen LogP contribution < -0.4 is 0 Å². The topological polar surface area (TPSA) is 43.8 Å². The highest BCUT2D eigenvalue weighted by Gasteiger charge is 2.25. The first-order valence-electron chi connectivity index (χ1n) is 7.03. The lowest BCUT2D eigenvalue weighted by atomic mass is 10.2. The predicted octanol–water partition coefficient (Wildman–Crippen LogP) is 1.58. The SMILES string of the molecule is CC(=CCN1CCN(C2CCCC2)CC1)C(=O)O. The zero-order valence-electron chi connectivity index (χ0n) is 11.3. The third-order valence-electron chi connectivity index (χ3n) is 4.24. The monoisotopic (exact) mass is 252 g/mol. The summed E-state index contributed by atoms with van der Waals surface area (Å²) in [4.78, 5) is 15.7. The van der Waals surface area contributed by atoms with E-state index in [2.05, 4.69) is 9.80 Å². The molecule has 0 aromatic heterocycles. The van der Waals surface area contributed by atoms with Gasteiger partial charge in [-0.1, -0.05) is 18.9 Å². The van der Waals surface area contributed by atoms with Crippen molar-refractivity contribution in [2.45, 2.75) is 38.6 Å². The fraction of sp³-hybridized carbons (Fsp3) is 0.786. The van der Waals surface area contributed by atoms with Crippen LogP contribution in [0.3, 0.4) is 0 Å². The van der Waals surface area contributed by atoms with E-state index in [1.807, 2.05) is 6.08 Å². The van der Waals surface area contributed by atoms with E-state index >= 15 is 0 Å². The Morgan fingerprint density at radius 3 is 2.39 bits per heavy atom. The molecule has 2 rings (SSSR count). The number of aliphatic carboxylic acids is 1. The molecule has 4 nitrogen and oxygen atoms in total. The van der Waals surface area contributed by atoms with E-state index in [0.29, 0.717) is 5.57 Å². The van der Waals surface area contributed by atoms with Crippen LogP contribution in [0.25, 0.3) is 0 Å². The first kappa shape index (κ1) is 13.6. The lowest BCUT2D eigenvalue weighted by Crippen LogP contribution is -2.49. The smallest absolute Gasteiger partial charge is 0.330 e. The van der Waals surface area contributed by atoms with Gasteiger partial charge in [0, 0.05) is 44.3 Å². The van der Waals surface area contributed by atoms with Crippen LogP contribution in [-0.4, -0.2) is 59.6 Å². The van der Waals surface area contributed by atoms with Crippen molar-refractivity contribution >= 4 is 5.97 Å². The van der Waals surface area contributed by atoms with Crippen molar-refractivity contribution in [3.8, 4) is 0 Å². The minimum atomic E-state index is -0.806. The van der Waals surface area contributed by atoms with Crippen LogP contribution in [-0.2, 0) is 4.79 Å². The van der Waals surface area contributed by atoms with Crippen LogP contribution in [0.1, 0.15) is 32.6 Å². The number of hydrogen-bond donors (Lipinski definition) is 1. The summed E-state index contributed by atoms with van der Waals surface area (Å²) in [5, 5.41) is 8.80. The molecule has 1 aliphatic heterocycles. The van der Waals surface area contributed by atoms with Crippen molar-refractivity contribution in [1.29, 1.82) is 0 Å². The quantitative estimate of drug-likeness (QED) is 0.772. The summed E-state index contributed by atoms with van der Waals surface area (Å²) in [6, 6.07) is 0.823. The van der Waals surface area contributed by atoms with Gasteiger partial charge in [0.15, 0.2) is 0 Å². The van der Waals surface area contributed by atoms with Gasteiger partial charge < -0.3 is 5.11 Å². The van der Waals surface area contributed by atoms with Gasteiger partial charge in [-0.25, -0.2) is 4.79 Å². The number of piperazine rings is 1. The Morgan fingerprint density at radius 2 is 1.83 bits per heavy atom. The normalized spacial score (nSPS) is 24.6. The average molecular weight is 252 g/mol. The van der Waals surface area contributed by atoms with E-state index in [-0.39, 0.29) is 0 Å². The van der Waals surface area contributed by atoms with Gasteiger partial charge in [-0.2, -0.15) is 0 Å². The number of carboxylic acids is 1. The summed E-state index contributed by atoms with van der Waals surface area (Å²) >= 11 is 0. The Morgan fingerprint density at radius 1 is 1.22 bits per heavy atom. The fourth-order valence-corrected chi connectivity index (χ4v) is 2.93. The largest absolute Gasteiger partial charge is 0.478 e. The Bertz CT molecular complexity index is 314. The molecule has 102 valence electrons. The van der Waals surface area contributed by atoms with Gasteiger partial charge in [-0.15, -0.1) is 0 Å². The average Bonchev–Trinajstić information content (AvgIpc) is 2.90. The van der Waals surface area contributed by atoms with Gasteiger partial charge in [0.05, 0.1) is 0 Å². The molecule has 1 heterocycles. The zero-order chi connectivity index (χ0) is 13.0. The highest BCUT2D eigenvalue weighted by Crippen LogP contribution is 2.24. The summed E-state index contributed by atoms with van der Waals surface area (Å²) in [6.07, 6.45) is 7.36. The molecule has 1 aliphatic carbocycles. The Balaban J connectivity index is 1.73. The molecule has 0 unspecified atom stereocenters. The summed E-state index contributed by atoms with van der Waals surface area (Å²) < 4.78 is 0. The van der Waals surface area contributed by atoms with Crippen LogP contribution in [0.5, 0.6) is 0 Å². The Labute approximate surface area is 109 Å². The van der Waals surface area contributed by atoms with Crippen molar-refractivity contribution in [2.75, 3.05) is 32.7 Å². The molecule has 0 aromatic rings. The molecule has 1 N–H and O–H groups in total. The number of hydrogen-bond acceptors (Lipinski definition) is 3. The predicted molar refractivity (Wildman–Crippen MR) is 71.7 cm³/mol. The molecule has 1 saturated carbocycles. The summed E-state index contributed by atoms with van der Waals surface area (Å²) in [5.74, 6) is -0.806. The second-order valence-electron chi connectivity index (χ2n) is 5.47. The van der Waals surface area contributed by atoms with Crippen molar-refractivity contribution in [2.24, 2.45) is 0 Å². The second-order valence-corrected chi connectivity index (χ2v) is 5.47. The standard InChI is InChI=1S/C14H24N2O2/c1-12(14(17)18)6-7-15-8-10-16(11-9-15)13-4-2-3-5-13/h6,13H,2-5,7-11H2,1H3,(H,17,18). The number of carbonyl (C=O) groups is 1. The van der Waals surface area contributed by atoms with Crippen molar-refractivity contribution < 1.29 is 9.90 Å². The maximum Gasteiger partial charge on any atom is 0.330 e. The molecule has 2 fully saturated rings. The lowest BCUT2D eigenvalue weighted by molar-refractivity contribution is -0.132. The third kappa shape index (κ3) is 3.56. The molecule has 0 aromatic carbocycles. The molecule has 0 radical (unpaired) electrons. The van der Waals surface area contributed by atoms with Gasteiger partial charge in [0.25, 0.3) is 0 Å². The van der Waals surface area contributed by atoms with Crippen molar-refractivity contribution in [3.05, 3.63) is 11.6 Å². The van der Waals surface area contributed by atoms with E-state index in [0.717, 1.165) is 38.8 Å². The van der Waals surface area contributed by atoms with Gasteiger partial charge in [-0.05, 0) is 19.8 Å². The highest BCUT2D eigenvalue weighted by atomic mass is 16.4. The minimum Gasteiger partial charge on any atom is -0.478 e. The van der Waals surface area contributed by atoms with Gasteiger partial charge in [0.1, 0.15) is 0 Å². The Hall–Kier alpha value is -0.870. The maximum atomic E-state index is 10.7. The van der Waals surface area contributed by atoms with E-state index in [1.54, 1.807) is 6.92 Å². The van der Waals surface area contributed by atoms with Crippen LogP contribution in [0.4, 0.5) is 0 Å². The van der Waals surface area contributed by atoms with Gasteiger partial charge in [-0.3, -0.25) is 9.80 Å². The Kier molecular flexibility index (Phi) is 4.78.